The van der Waals surface area contributed by atoms with Crippen molar-refractivity contribution in [2.45, 2.75) is 0 Å². The third kappa shape index (κ3) is 1.59. The van der Waals surface area contributed by atoms with Crippen LogP contribution < -0.4 is 0 Å². The lowest BCUT2D eigenvalue weighted by atomic mass is 10.1. The zero-order chi connectivity index (χ0) is 9.80. The van der Waals surface area contributed by atoms with Crippen molar-refractivity contribution in [2.75, 3.05) is 0 Å². The molecule has 0 radical (unpaired) electrons. The lowest BCUT2D eigenvalue weighted by Crippen LogP contribution is -1.88. The topological polar surface area (TPSA) is 49.6 Å². The second-order valence-electron chi connectivity index (χ2n) is 2.81. The van der Waals surface area contributed by atoms with E-state index in [1.165, 1.54) is 6.20 Å². The molecule has 1 heterocycles. The van der Waals surface area contributed by atoms with Crippen LogP contribution in [0.3, 0.4) is 0 Å². The fourth-order valence-corrected chi connectivity index (χ4v) is 1.18. The molecule has 0 saturated carbocycles. The summed E-state index contributed by atoms with van der Waals surface area (Å²) in [6, 6.07) is 13.4. The van der Waals surface area contributed by atoms with Gasteiger partial charge in [0.2, 0.25) is 0 Å². The van der Waals surface area contributed by atoms with E-state index in [0.717, 1.165) is 11.3 Å². The van der Waals surface area contributed by atoms with Crippen molar-refractivity contribution in [3.63, 3.8) is 0 Å². The molecule has 1 aromatic carbocycles. The Labute approximate surface area is 81.7 Å². The van der Waals surface area contributed by atoms with Crippen molar-refractivity contribution in [1.29, 1.82) is 5.26 Å². The minimum Gasteiger partial charge on any atom is -0.192 e. The Hall–Kier alpha value is -2.21. The zero-order valence-corrected chi connectivity index (χ0v) is 7.38. The summed E-state index contributed by atoms with van der Waals surface area (Å²) in [6.45, 7) is 0. The molecule has 0 spiro atoms. The summed E-state index contributed by atoms with van der Waals surface area (Å²) in [5, 5.41) is 16.4. The first-order chi connectivity index (χ1) is 6.90. The third-order valence-corrected chi connectivity index (χ3v) is 1.85. The molecule has 0 amide bonds. The molecule has 0 aliphatic carbocycles. The molecule has 1 aromatic heterocycles. The highest BCUT2D eigenvalue weighted by molar-refractivity contribution is 5.59. The van der Waals surface area contributed by atoms with Crippen molar-refractivity contribution in [3.05, 3.63) is 48.2 Å². The number of benzene rings is 1. The average Bonchev–Trinajstić information content (AvgIpc) is 2.30. The van der Waals surface area contributed by atoms with Gasteiger partial charge in [-0.3, -0.25) is 0 Å². The van der Waals surface area contributed by atoms with Crippen molar-refractivity contribution < 1.29 is 0 Å². The highest BCUT2D eigenvalue weighted by Gasteiger charge is 1.99. The van der Waals surface area contributed by atoms with E-state index in [9.17, 15) is 0 Å². The maximum Gasteiger partial charge on any atom is 0.101 e. The van der Waals surface area contributed by atoms with Crippen LogP contribution in [0.1, 0.15) is 5.56 Å². The normalized spacial score (nSPS) is 9.36. The van der Waals surface area contributed by atoms with Crippen LogP contribution in [-0.2, 0) is 0 Å². The fraction of sp³-hybridized carbons (Fsp3) is 0. The molecule has 0 aliphatic rings. The monoisotopic (exact) mass is 181 g/mol. The van der Waals surface area contributed by atoms with Gasteiger partial charge in [0.15, 0.2) is 0 Å². The van der Waals surface area contributed by atoms with E-state index in [1.807, 2.05) is 36.4 Å². The van der Waals surface area contributed by atoms with Gasteiger partial charge in [-0.2, -0.15) is 15.5 Å². The fourth-order valence-electron chi connectivity index (χ4n) is 1.18. The Bertz CT molecular complexity index is 471. The van der Waals surface area contributed by atoms with E-state index in [0.29, 0.717) is 5.56 Å². The summed E-state index contributed by atoms with van der Waals surface area (Å²) in [4.78, 5) is 0. The van der Waals surface area contributed by atoms with Crippen LogP contribution in [0, 0.1) is 11.3 Å². The number of hydrogen-bond donors (Lipinski definition) is 0. The van der Waals surface area contributed by atoms with Crippen LogP contribution in [0.15, 0.2) is 42.6 Å². The summed E-state index contributed by atoms with van der Waals surface area (Å²) in [6.07, 6.45) is 1.45. The molecule has 3 nitrogen and oxygen atoms in total. The molecular formula is C11H7N3. The van der Waals surface area contributed by atoms with Crippen molar-refractivity contribution >= 4 is 0 Å². The number of aromatic nitrogens is 2. The van der Waals surface area contributed by atoms with Crippen molar-refractivity contribution in [2.24, 2.45) is 0 Å². The first-order valence-corrected chi connectivity index (χ1v) is 4.18. The van der Waals surface area contributed by atoms with Gasteiger partial charge in [0.25, 0.3) is 0 Å². The Kier molecular flexibility index (Phi) is 2.20. The van der Waals surface area contributed by atoms with Gasteiger partial charge in [-0.05, 0) is 6.07 Å². The van der Waals surface area contributed by atoms with Crippen LogP contribution in [0.5, 0.6) is 0 Å². The van der Waals surface area contributed by atoms with Gasteiger partial charge in [-0.25, -0.2) is 0 Å². The SMILES string of the molecule is N#Cc1cnnc(-c2ccccc2)c1. The number of nitriles is 1. The van der Waals surface area contributed by atoms with Crippen LogP contribution >= 0.6 is 0 Å². The largest absolute Gasteiger partial charge is 0.192 e. The van der Waals surface area contributed by atoms with Gasteiger partial charge >= 0.3 is 0 Å². The van der Waals surface area contributed by atoms with Crippen LogP contribution in [-0.4, -0.2) is 10.2 Å². The van der Waals surface area contributed by atoms with Crippen LogP contribution in [0.4, 0.5) is 0 Å². The molecule has 0 bridgehead atoms. The predicted octanol–water partition coefficient (Wildman–Crippen LogP) is 2.02. The first kappa shape index (κ1) is 8.39. The quantitative estimate of drug-likeness (QED) is 0.676. The number of nitrogens with zero attached hydrogens (tertiary/aromatic N) is 3. The number of hydrogen-bond acceptors (Lipinski definition) is 3. The standard InChI is InChI=1S/C11H7N3/c12-7-9-6-11(14-13-8-9)10-4-2-1-3-5-10/h1-6,8H. The third-order valence-electron chi connectivity index (χ3n) is 1.85. The Morgan fingerprint density at radius 3 is 2.64 bits per heavy atom. The van der Waals surface area contributed by atoms with Gasteiger partial charge in [0.05, 0.1) is 17.5 Å². The molecule has 66 valence electrons. The lowest BCUT2D eigenvalue weighted by molar-refractivity contribution is 1.03. The predicted molar refractivity (Wildman–Crippen MR) is 52.2 cm³/mol. The van der Waals surface area contributed by atoms with Gasteiger partial charge in [-0.1, -0.05) is 30.3 Å². The average molecular weight is 181 g/mol. The minimum absolute atomic E-state index is 0.527. The number of rotatable bonds is 1. The molecule has 0 aliphatic heterocycles. The molecule has 0 atom stereocenters. The van der Waals surface area contributed by atoms with E-state index in [1.54, 1.807) is 6.07 Å². The van der Waals surface area contributed by atoms with Gasteiger partial charge in [0, 0.05) is 5.56 Å². The first-order valence-electron chi connectivity index (χ1n) is 4.18. The summed E-state index contributed by atoms with van der Waals surface area (Å²) in [5.41, 5.74) is 2.22. The smallest absolute Gasteiger partial charge is 0.101 e. The van der Waals surface area contributed by atoms with E-state index in [4.69, 9.17) is 5.26 Å². The van der Waals surface area contributed by atoms with E-state index < -0.39 is 0 Å². The molecule has 0 fully saturated rings. The highest BCUT2D eigenvalue weighted by Crippen LogP contribution is 2.15. The van der Waals surface area contributed by atoms with Gasteiger partial charge in [-0.15, -0.1) is 0 Å². The van der Waals surface area contributed by atoms with Gasteiger partial charge < -0.3 is 0 Å². The molecule has 14 heavy (non-hydrogen) atoms. The van der Waals surface area contributed by atoms with E-state index in [-0.39, 0.29) is 0 Å². The second kappa shape index (κ2) is 3.67. The van der Waals surface area contributed by atoms with Gasteiger partial charge in [0.1, 0.15) is 6.07 Å². The summed E-state index contributed by atoms with van der Waals surface area (Å²) < 4.78 is 0. The lowest BCUT2D eigenvalue weighted by Gasteiger charge is -1.98. The van der Waals surface area contributed by atoms with Crippen molar-refractivity contribution in [1.82, 2.24) is 10.2 Å². The molecule has 2 rings (SSSR count). The molecular weight excluding hydrogens is 174 g/mol. The second-order valence-corrected chi connectivity index (χ2v) is 2.81. The summed E-state index contributed by atoms with van der Waals surface area (Å²) >= 11 is 0. The molecule has 0 N–H and O–H groups in total. The minimum atomic E-state index is 0.527. The Morgan fingerprint density at radius 1 is 1.14 bits per heavy atom. The van der Waals surface area contributed by atoms with E-state index in [2.05, 4.69) is 10.2 Å². The Morgan fingerprint density at radius 2 is 1.93 bits per heavy atom. The summed E-state index contributed by atoms with van der Waals surface area (Å²) in [5.74, 6) is 0. The maximum absolute atomic E-state index is 8.69. The molecule has 3 heteroatoms. The van der Waals surface area contributed by atoms with E-state index >= 15 is 0 Å². The molecule has 0 unspecified atom stereocenters. The zero-order valence-electron chi connectivity index (χ0n) is 7.38. The molecule has 2 aromatic rings. The summed E-state index contributed by atoms with van der Waals surface area (Å²) in [7, 11) is 0. The van der Waals surface area contributed by atoms with Crippen LogP contribution in [0.2, 0.25) is 0 Å². The molecule has 0 saturated heterocycles. The maximum atomic E-state index is 8.69. The van der Waals surface area contributed by atoms with Crippen LogP contribution in [0.25, 0.3) is 11.3 Å². The van der Waals surface area contributed by atoms with Crippen molar-refractivity contribution in [3.8, 4) is 17.3 Å². The Balaban J connectivity index is 2.49. The highest BCUT2D eigenvalue weighted by atomic mass is 15.1.